The second-order valence-corrected chi connectivity index (χ2v) is 7.64. The van der Waals surface area contributed by atoms with E-state index in [0.717, 1.165) is 46.1 Å². The van der Waals surface area contributed by atoms with Crippen molar-refractivity contribution in [3.8, 4) is 0 Å². The van der Waals surface area contributed by atoms with Gasteiger partial charge >= 0.3 is 0 Å². The van der Waals surface area contributed by atoms with Crippen molar-refractivity contribution < 1.29 is 4.79 Å². The molecular weight excluding hydrogens is 346 g/mol. The van der Waals surface area contributed by atoms with Crippen molar-refractivity contribution in [3.05, 3.63) is 40.3 Å². The van der Waals surface area contributed by atoms with Gasteiger partial charge in [-0.3, -0.25) is 4.79 Å². The van der Waals surface area contributed by atoms with E-state index in [0.29, 0.717) is 10.7 Å². The molecule has 4 rings (SSSR count). The topological polar surface area (TPSA) is 71.0 Å². The number of carbonyl (C=O) groups is 1. The molecule has 7 heteroatoms. The van der Waals surface area contributed by atoms with Gasteiger partial charge in [0.05, 0.1) is 16.8 Å². The van der Waals surface area contributed by atoms with Crippen LogP contribution < -0.4 is 10.2 Å². The Morgan fingerprint density at radius 3 is 2.62 bits per heavy atom. The monoisotopic (exact) mass is 367 g/mol. The third-order valence-electron chi connectivity index (χ3n) is 4.75. The van der Waals surface area contributed by atoms with Gasteiger partial charge < -0.3 is 10.2 Å². The number of fused-ring (bicyclic) bond motifs is 1. The Morgan fingerprint density at radius 2 is 1.92 bits per heavy atom. The van der Waals surface area contributed by atoms with E-state index in [1.165, 1.54) is 24.2 Å². The van der Waals surface area contributed by atoms with Crippen LogP contribution in [0.4, 0.5) is 11.5 Å². The van der Waals surface area contributed by atoms with Gasteiger partial charge in [0.2, 0.25) is 0 Å². The molecule has 3 aromatic rings. The summed E-state index contributed by atoms with van der Waals surface area (Å²) in [4.78, 5) is 29.9. The van der Waals surface area contributed by atoms with Gasteiger partial charge in [-0.1, -0.05) is 0 Å². The molecule has 134 valence electrons. The predicted molar refractivity (Wildman–Crippen MR) is 105 cm³/mol. The van der Waals surface area contributed by atoms with Gasteiger partial charge in [0.15, 0.2) is 0 Å². The highest BCUT2D eigenvalue weighted by molar-refractivity contribution is 7.20. The summed E-state index contributed by atoms with van der Waals surface area (Å²) >= 11 is 1.40. The van der Waals surface area contributed by atoms with Crippen molar-refractivity contribution in [3.63, 3.8) is 0 Å². The predicted octanol–water partition coefficient (Wildman–Crippen LogP) is 3.86. The quantitative estimate of drug-likeness (QED) is 0.761. The summed E-state index contributed by atoms with van der Waals surface area (Å²) in [6, 6.07) is 3.88. The lowest BCUT2D eigenvalue weighted by Gasteiger charge is -2.17. The number of amides is 1. The fraction of sp³-hybridized carbons (Fsp3) is 0.368. The normalized spacial score (nSPS) is 14.2. The largest absolute Gasteiger partial charge is 0.370 e. The maximum Gasteiger partial charge on any atom is 0.267 e. The van der Waals surface area contributed by atoms with Gasteiger partial charge in [0.1, 0.15) is 16.5 Å². The molecule has 0 aromatic carbocycles. The average Bonchev–Trinajstić information content (AvgIpc) is 3.24. The second kappa shape index (κ2) is 6.64. The minimum absolute atomic E-state index is 0.149. The first-order chi connectivity index (χ1) is 12.5. The van der Waals surface area contributed by atoms with E-state index in [2.05, 4.69) is 25.2 Å². The molecule has 1 amide bonds. The van der Waals surface area contributed by atoms with Crippen molar-refractivity contribution in [2.75, 3.05) is 23.3 Å². The standard InChI is InChI=1S/C19H21N5OS/c1-11-16-12(2)21-13(3)22-19(16)26-17(11)18(25)23-15-7-6-14(10-20-15)24-8-4-5-9-24/h6-7,10H,4-5,8-9H2,1-3H3,(H,20,23,25). The Kier molecular flexibility index (Phi) is 4.32. The smallest absolute Gasteiger partial charge is 0.267 e. The van der Waals surface area contributed by atoms with Crippen molar-refractivity contribution in [1.82, 2.24) is 15.0 Å². The molecule has 1 aliphatic heterocycles. The lowest BCUT2D eigenvalue weighted by molar-refractivity contribution is 0.102. The molecule has 6 nitrogen and oxygen atoms in total. The number of thiophene rings is 1. The van der Waals surface area contributed by atoms with Crippen molar-refractivity contribution in [2.45, 2.75) is 33.6 Å². The van der Waals surface area contributed by atoms with E-state index < -0.39 is 0 Å². The first-order valence-electron chi connectivity index (χ1n) is 8.79. The van der Waals surface area contributed by atoms with Crippen LogP contribution in [0.25, 0.3) is 10.2 Å². The molecule has 4 heterocycles. The number of anilines is 2. The van der Waals surface area contributed by atoms with Crippen LogP contribution in [0.3, 0.4) is 0 Å². The van der Waals surface area contributed by atoms with Crippen LogP contribution in [0.15, 0.2) is 18.3 Å². The minimum Gasteiger partial charge on any atom is -0.370 e. The van der Waals surface area contributed by atoms with Crippen molar-refractivity contribution in [2.24, 2.45) is 0 Å². The molecule has 0 saturated carbocycles. The Hall–Kier alpha value is -2.54. The molecular formula is C19H21N5OS. The molecule has 1 saturated heterocycles. The van der Waals surface area contributed by atoms with E-state index in [9.17, 15) is 4.79 Å². The SMILES string of the molecule is Cc1nc(C)c2c(C)c(C(=O)Nc3ccc(N4CCCC4)cn3)sc2n1. The van der Waals surface area contributed by atoms with E-state index in [1.54, 1.807) is 0 Å². The average molecular weight is 367 g/mol. The van der Waals surface area contributed by atoms with Crippen molar-refractivity contribution in [1.29, 1.82) is 0 Å². The number of nitrogens with one attached hydrogen (secondary N) is 1. The Balaban J connectivity index is 1.57. The van der Waals surface area contributed by atoms with Crippen LogP contribution in [0, 0.1) is 20.8 Å². The summed E-state index contributed by atoms with van der Waals surface area (Å²) in [6.45, 7) is 7.93. The van der Waals surface area contributed by atoms with Gasteiger partial charge in [-0.15, -0.1) is 11.3 Å². The molecule has 1 N–H and O–H groups in total. The highest BCUT2D eigenvalue weighted by Crippen LogP contribution is 2.31. The molecule has 0 radical (unpaired) electrons. The number of aromatic nitrogens is 3. The molecule has 0 aliphatic carbocycles. The lowest BCUT2D eigenvalue weighted by Crippen LogP contribution is -2.18. The van der Waals surface area contributed by atoms with Crippen LogP contribution in [0.1, 0.15) is 39.6 Å². The Labute approximate surface area is 156 Å². The van der Waals surface area contributed by atoms with Gasteiger partial charge in [-0.2, -0.15) is 0 Å². The number of hydrogen-bond acceptors (Lipinski definition) is 6. The number of rotatable bonds is 3. The third kappa shape index (κ3) is 3.03. The van der Waals surface area contributed by atoms with E-state index in [1.807, 2.05) is 39.1 Å². The third-order valence-corrected chi connectivity index (χ3v) is 5.93. The maximum atomic E-state index is 12.7. The van der Waals surface area contributed by atoms with Gasteiger partial charge in [-0.05, 0) is 51.3 Å². The van der Waals surface area contributed by atoms with Crippen LogP contribution >= 0.6 is 11.3 Å². The Morgan fingerprint density at radius 1 is 1.15 bits per heavy atom. The van der Waals surface area contributed by atoms with E-state index >= 15 is 0 Å². The van der Waals surface area contributed by atoms with Gasteiger partial charge in [0, 0.05) is 24.2 Å². The summed E-state index contributed by atoms with van der Waals surface area (Å²) in [5, 5.41) is 3.88. The highest BCUT2D eigenvalue weighted by Gasteiger charge is 2.19. The first kappa shape index (κ1) is 16.9. The number of nitrogens with zero attached hydrogens (tertiary/aromatic N) is 4. The van der Waals surface area contributed by atoms with Crippen LogP contribution in [-0.4, -0.2) is 33.9 Å². The van der Waals surface area contributed by atoms with Crippen LogP contribution in [0.5, 0.6) is 0 Å². The van der Waals surface area contributed by atoms with E-state index in [4.69, 9.17) is 0 Å². The van der Waals surface area contributed by atoms with Crippen molar-refractivity contribution >= 4 is 39.0 Å². The van der Waals surface area contributed by atoms with Crippen LogP contribution in [-0.2, 0) is 0 Å². The van der Waals surface area contributed by atoms with Gasteiger partial charge in [0.25, 0.3) is 5.91 Å². The van der Waals surface area contributed by atoms with Gasteiger partial charge in [-0.25, -0.2) is 15.0 Å². The molecule has 0 unspecified atom stereocenters. The first-order valence-corrected chi connectivity index (χ1v) is 9.61. The molecule has 1 fully saturated rings. The summed E-state index contributed by atoms with van der Waals surface area (Å²) in [5.74, 6) is 1.14. The maximum absolute atomic E-state index is 12.7. The zero-order chi connectivity index (χ0) is 18.3. The minimum atomic E-state index is -0.149. The molecule has 26 heavy (non-hydrogen) atoms. The summed E-state index contributed by atoms with van der Waals surface area (Å²) in [5.41, 5.74) is 2.95. The Bertz CT molecular complexity index is 974. The van der Waals surface area contributed by atoms with Crippen LogP contribution in [0.2, 0.25) is 0 Å². The zero-order valence-corrected chi connectivity index (χ0v) is 16.0. The fourth-order valence-corrected chi connectivity index (χ4v) is 4.66. The molecule has 0 bridgehead atoms. The lowest BCUT2D eigenvalue weighted by atomic mass is 10.1. The molecule has 3 aromatic heterocycles. The molecule has 0 spiro atoms. The summed E-state index contributed by atoms with van der Waals surface area (Å²) in [7, 11) is 0. The fourth-order valence-electron chi connectivity index (χ4n) is 3.49. The zero-order valence-electron chi connectivity index (χ0n) is 15.2. The number of carbonyl (C=O) groups excluding carboxylic acids is 1. The number of pyridine rings is 1. The van der Waals surface area contributed by atoms with E-state index in [-0.39, 0.29) is 5.91 Å². The molecule has 0 atom stereocenters. The number of hydrogen-bond donors (Lipinski definition) is 1. The second-order valence-electron chi connectivity index (χ2n) is 6.64. The summed E-state index contributed by atoms with van der Waals surface area (Å²) in [6.07, 6.45) is 4.29. The summed E-state index contributed by atoms with van der Waals surface area (Å²) < 4.78 is 0. The highest BCUT2D eigenvalue weighted by atomic mass is 32.1. The molecule has 1 aliphatic rings. The number of aryl methyl sites for hydroxylation is 3.